The van der Waals surface area contributed by atoms with Crippen LogP contribution in [0.1, 0.15) is 44.0 Å². The van der Waals surface area contributed by atoms with Crippen LogP contribution < -0.4 is 5.32 Å². The van der Waals surface area contributed by atoms with Crippen molar-refractivity contribution in [3.63, 3.8) is 0 Å². The van der Waals surface area contributed by atoms with Crippen molar-refractivity contribution < 1.29 is 9.72 Å². The maximum absolute atomic E-state index is 12.2. The molecule has 1 amide bonds. The van der Waals surface area contributed by atoms with Crippen LogP contribution in [0, 0.1) is 17.0 Å². The molecule has 1 aliphatic rings. The van der Waals surface area contributed by atoms with Crippen molar-refractivity contribution in [2.24, 2.45) is 0 Å². The van der Waals surface area contributed by atoms with E-state index in [1.54, 1.807) is 24.0 Å². The van der Waals surface area contributed by atoms with Gasteiger partial charge >= 0.3 is 0 Å². The highest BCUT2D eigenvalue weighted by atomic mass is 16.6. The van der Waals surface area contributed by atoms with Crippen LogP contribution in [0.15, 0.2) is 18.2 Å². The zero-order valence-electron chi connectivity index (χ0n) is 12.6. The molecule has 1 saturated heterocycles. The first kappa shape index (κ1) is 15.4. The molecule has 6 nitrogen and oxygen atoms in total. The van der Waals surface area contributed by atoms with Gasteiger partial charge in [0.25, 0.3) is 5.69 Å². The summed E-state index contributed by atoms with van der Waals surface area (Å²) in [6, 6.07) is 4.90. The Hall–Kier alpha value is -1.95. The van der Waals surface area contributed by atoms with Crippen molar-refractivity contribution in [2.45, 2.75) is 45.8 Å². The van der Waals surface area contributed by atoms with E-state index in [0.29, 0.717) is 12.1 Å². The first-order chi connectivity index (χ1) is 9.95. The Morgan fingerprint density at radius 1 is 1.43 bits per heavy atom. The number of hydrogen-bond donors (Lipinski definition) is 1. The van der Waals surface area contributed by atoms with Crippen LogP contribution >= 0.6 is 0 Å². The molecule has 0 saturated carbocycles. The fourth-order valence-corrected chi connectivity index (χ4v) is 2.61. The molecule has 0 bridgehead atoms. The molecule has 2 atom stereocenters. The van der Waals surface area contributed by atoms with E-state index in [9.17, 15) is 14.9 Å². The molecule has 1 fully saturated rings. The normalized spacial score (nSPS) is 21.9. The lowest BCUT2D eigenvalue weighted by Crippen LogP contribution is -2.31. The van der Waals surface area contributed by atoms with Gasteiger partial charge in [-0.15, -0.1) is 0 Å². The molecular formula is C15H21N3O3. The molecule has 0 spiro atoms. The van der Waals surface area contributed by atoms with Crippen molar-refractivity contribution in [1.29, 1.82) is 0 Å². The van der Waals surface area contributed by atoms with Gasteiger partial charge in [-0.25, -0.2) is 0 Å². The van der Waals surface area contributed by atoms with Crippen LogP contribution in [0.4, 0.5) is 5.69 Å². The van der Waals surface area contributed by atoms with Gasteiger partial charge < -0.3 is 4.90 Å². The van der Waals surface area contributed by atoms with Gasteiger partial charge in [0, 0.05) is 18.2 Å². The molecule has 21 heavy (non-hydrogen) atoms. The van der Waals surface area contributed by atoms with Gasteiger partial charge in [0.2, 0.25) is 5.91 Å². The minimum Gasteiger partial charge on any atom is -0.322 e. The van der Waals surface area contributed by atoms with Crippen LogP contribution in [0.2, 0.25) is 0 Å². The van der Waals surface area contributed by atoms with Gasteiger partial charge in [0.05, 0.1) is 11.0 Å². The number of amides is 1. The van der Waals surface area contributed by atoms with E-state index in [1.807, 2.05) is 13.0 Å². The standard InChI is InChI=1S/C15H21N3O3/c1-4-5-8-17-14(16-11(3)15(17)19)12-7-6-10(2)13(9-12)18(20)21/h6-7,9,11,14,16H,4-5,8H2,1-3H3. The Balaban J connectivity index is 2.32. The second kappa shape index (κ2) is 6.22. The fraction of sp³-hybridized carbons (Fsp3) is 0.533. The van der Waals surface area contributed by atoms with Crippen LogP contribution in [0.3, 0.4) is 0 Å². The highest BCUT2D eigenvalue weighted by Gasteiger charge is 2.37. The molecule has 1 aromatic rings. The Morgan fingerprint density at radius 2 is 2.14 bits per heavy atom. The first-order valence-corrected chi connectivity index (χ1v) is 7.27. The van der Waals surface area contributed by atoms with Gasteiger partial charge in [0.1, 0.15) is 6.17 Å². The van der Waals surface area contributed by atoms with E-state index in [4.69, 9.17) is 0 Å². The van der Waals surface area contributed by atoms with Crippen LogP contribution in [0.25, 0.3) is 0 Å². The summed E-state index contributed by atoms with van der Waals surface area (Å²) in [7, 11) is 0. The number of unbranched alkanes of at least 4 members (excludes halogenated alkanes) is 1. The third kappa shape index (κ3) is 3.05. The van der Waals surface area contributed by atoms with Gasteiger partial charge in [0.15, 0.2) is 0 Å². The fourth-order valence-electron chi connectivity index (χ4n) is 2.61. The van der Waals surface area contributed by atoms with E-state index < -0.39 is 0 Å². The SMILES string of the molecule is CCCCN1C(=O)C(C)NC1c1ccc(C)c([N+](=O)[O-])c1. The summed E-state index contributed by atoms with van der Waals surface area (Å²) < 4.78 is 0. The molecule has 2 unspecified atom stereocenters. The largest absolute Gasteiger partial charge is 0.322 e. The average molecular weight is 291 g/mol. The number of nitro groups is 1. The number of nitrogens with zero attached hydrogens (tertiary/aromatic N) is 2. The molecule has 2 rings (SSSR count). The summed E-state index contributed by atoms with van der Waals surface area (Å²) in [6.45, 7) is 6.28. The van der Waals surface area contributed by atoms with Crippen molar-refractivity contribution in [2.75, 3.05) is 6.54 Å². The van der Waals surface area contributed by atoms with E-state index in [-0.39, 0.29) is 28.7 Å². The summed E-state index contributed by atoms with van der Waals surface area (Å²) >= 11 is 0. The minimum atomic E-state index is -0.380. The Kier molecular flexibility index (Phi) is 4.57. The number of carbonyl (C=O) groups is 1. The lowest BCUT2D eigenvalue weighted by Gasteiger charge is -2.24. The molecule has 0 aliphatic carbocycles. The van der Waals surface area contributed by atoms with Crippen LogP contribution in [0.5, 0.6) is 0 Å². The summed E-state index contributed by atoms with van der Waals surface area (Å²) in [5, 5.41) is 14.3. The smallest absolute Gasteiger partial charge is 0.272 e. The van der Waals surface area contributed by atoms with E-state index in [1.165, 1.54) is 0 Å². The molecule has 114 valence electrons. The van der Waals surface area contributed by atoms with E-state index >= 15 is 0 Å². The number of nitrogens with one attached hydrogen (secondary N) is 1. The van der Waals surface area contributed by atoms with Gasteiger partial charge in [-0.1, -0.05) is 25.5 Å². The molecule has 6 heteroatoms. The molecule has 0 aromatic heterocycles. The maximum atomic E-state index is 12.2. The first-order valence-electron chi connectivity index (χ1n) is 7.27. The van der Waals surface area contributed by atoms with E-state index in [0.717, 1.165) is 18.4 Å². The number of nitro benzene ring substituents is 1. The van der Waals surface area contributed by atoms with Crippen molar-refractivity contribution in [3.05, 3.63) is 39.4 Å². The number of hydrogen-bond acceptors (Lipinski definition) is 4. The quantitative estimate of drug-likeness (QED) is 0.668. The number of aryl methyl sites for hydroxylation is 1. The highest BCUT2D eigenvalue weighted by Crippen LogP contribution is 2.29. The second-order valence-electron chi connectivity index (χ2n) is 5.48. The second-order valence-corrected chi connectivity index (χ2v) is 5.48. The van der Waals surface area contributed by atoms with Crippen molar-refractivity contribution >= 4 is 11.6 Å². The predicted octanol–water partition coefficient (Wildman–Crippen LogP) is 2.52. The van der Waals surface area contributed by atoms with Gasteiger partial charge in [-0.3, -0.25) is 20.2 Å². The summed E-state index contributed by atoms with van der Waals surface area (Å²) in [5.74, 6) is 0.0525. The van der Waals surface area contributed by atoms with Gasteiger partial charge in [-0.05, 0) is 25.8 Å². The molecule has 1 heterocycles. The predicted molar refractivity (Wildman–Crippen MR) is 79.8 cm³/mol. The number of benzene rings is 1. The Bertz CT molecular complexity index is 559. The molecular weight excluding hydrogens is 270 g/mol. The Labute approximate surface area is 124 Å². The average Bonchev–Trinajstić information content (AvgIpc) is 2.73. The zero-order valence-corrected chi connectivity index (χ0v) is 12.6. The number of carbonyl (C=O) groups excluding carboxylic acids is 1. The summed E-state index contributed by atoms with van der Waals surface area (Å²) in [5.41, 5.74) is 1.49. The summed E-state index contributed by atoms with van der Waals surface area (Å²) in [6.07, 6.45) is 1.64. The lowest BCUT2D eigenvalue weighted by atomic mass is 10.1. The Morgan fingerprint density at radius 3 is 2.76 bits per heavy atom. The van der Waals surface area contributed by atoms with Crippen LogP contribution in [-0.4, -0.2) is 28.3 Å². The molecule has 1 aromatic carbocycles. The molecule has 1 N–H and O–H groups in total. The van der Waals surface area contributed by atoms with Crippen molar-refractivity contribution in [1.82, 2.24) is 10.2 Å². The zero-order chi connectivity index (χ0) is 15.6. The summed E-state index contributed by atoms with van der Waals surface area (Å²) in [4.78, 5) is 24.7. The molecule has 0 radical (unpaired) electrons. The maximum Gasteiger partial charge on any atom is 0.272 e. The minimum absolute atomic E-state index is 0.0525. The van der Waals surface area contributed by atoms with Crippen LogP contribution in [-0.2, 0) is 4.79 Å². The third-order valence-electron chi connectivity index (χ3n) is 3.87. The van der Waals surface area contributed by atoms with E-state index in [2.05, 4.69) is 12.2 Å². The van der Waals surface area contributed by atoms with Crippen molar-refractivity contribution in [3.8, 4) is 0 Å². The number of rotatable bonds is 5. The molecule has 1 aliphatic heterocycles. The topological polar surface area (TPSA) is 75.5 Å². The van der Waals surface area contributed by atoms with Gasteiger partial charge in [-0.2, -0.15) is 0 Å². The lowest BCUT2D eigenvalue weighted by molar-refractivity contribution is -0.385. The monoisotopic (exact) mass is 291 g/mol. The highest BCUT2D eigenvalue weighted by molar-refractivity contribution is 5.84. The third-order valence-corrected chi connectivity index (χ3v) is 3.87.